The molecule has 1 heterocycles. The van der Waals surface area contributed by atoms with Crippen LogP contribution in [0.3, 0.4) is 0 Å². The van der Waals surface area contributed by atoms with E-state index in [1.54, 1.807) is 6.92 Å². The van der Waals surface area contributed by atoms with Crippen LogP contribution in [0, 0.1) is 17.2 Å². The van der Waals surface area contributed by atoms with Gasteiger partial charge in [0.05, 0.1) is 17.3 Å². The third kappa shape index (κ3) is 2.73. The Bertz CT molecular complexity index is 499. The summed E-state index contributed by atoms with van der Waals surface area (Å²) in [5.74, 6) is 0.520. The van der Waals surface area contributed by atoms with Gasteiger partial charge in [-0.05, 0) is 53.9 Å². The van der Waals surface area contributed by atoms with E-state index in [0.717, 1.165) is 36.1 Å². The third-order valence-electron chi connectivity index (χ3n) is 3.49. The minimum Gasteiger partial charge on any atom is -0.371 e. The molecule has 0 bridgehead atoms. The van der Waals surface area contributed by atoms with Crippen molar-refractivity contribution >= 4 is 27.4 Å². The van der Waals surface area contributed by atoms with E-state index in [4.69, 9.17) is 5.26 Å². The Morgan fingerprint density at radius 3 is 2.61 bits per heavy atom. The van der Waals surface area contributed by atoms with Gasteiger partial charge in [-0.15, -0.1) is 0 Å². The number of ketones is 1. The van der Waals surface area contributed by atoms with Gasteiger partial charge in [-0.3, -0.25) is 4.79 Å². The van der Waals surface area contributed by atoms with E-state index in [2.05, 4.69) is 26.9 Å². The van der Waals surface area contributed by atoms with Crippen molar-refractivity contribution in [3.63, 3.8) is 0 Å². The van der Waals surface area contributed by atoms with Crippen molar-refractivity contribution in [1.82, 2.24) is 0 Å². The van der Waals surface area contributed by atoms with Crippen LogP contribution < -0.4 is 4.90 Å². The number of anilines is 1. The number of nitriles is 1. The van der Waals surface area contributed by atoms with E-state index in [-0.39, 0.29) is 5.92 Å². The largest absolute Gasteiger partial charge is 0.371 e. The predicted molar refractivity (Wildman–Crippen MR) is 74.5 cm³/mol. The fraction of sp³-hybridized carbons (Fsp3) is 0.429. The Morgan fingerprint density at radius 1 is 1.44 bits per heavy atom. The lowest BCUT2D eigenvalue weighted by Gasteiger charge is -2.33. The molecule has 0 N–H and O–H groups in total. The summed E-state index contributed by atoms with van der Waals surface area (Å²) in [4.78, 5) is 13.6. The molecular formula is C14H15BrN2O. The van der Waals surface area contributed by atoms with Crippen LogP contribution in [0.4, 0.5) is 5.69 Å². The van der Waals surface area contributed by atoms with Gasteiger partial charge in [-0.1, -0.05) is 0 Å². The van der Waals surface area contributed by atoms with Gasteiger partial charge in [0.15, 0.2) is 0 Å². The number of Topliss-reactive ketones (excluding diaryl/α,β-unsaturated/α-hetero) is 1. The van der Waals surface area contributed by atoms with Crippen LogP contribution in [-0.2, 0) is 4.79 Å². The number of hydrogen-bond acceptors (Lipinski definition) is 3. The maximum atomic E-state index is 11.3. The van der Waals surface area contributed by atoms with Crippen molar-refractivity contribution in [3.05, 3.63) is 28.2 Å². The first kappa shape index (κ1) is 13.1. The summed E-state index contributed by atoms with van der Waals surface area (Å²) < 4.78 is 0.947. The molecule has 2 rings (SSSR count). The van der Waals surface area contributed by atoms with Crippen molar-refractivity contribution in [3.8, 4) is 6.07 Å². The van der Waals surface area contributed by atoms with Gasteiger partial charge in [0.25, 0.3) is 0 Å². The molecule has 1 aliphatic heterocycles. The molecule has 0 aliphatic carbocycles. The molecule has 1 fully saturated rings. The quantitative estimate of drug-likeness (QED) is 0.843. The average Bonchev–Trinajstić information content (AvgIpc) is 2.38. The zero-order chi connectivity index (χ0) is 13.1. The lowest BCUT2D eigenvalue weighted by atomic mass is 9.93. The lowest BCUT2D eigenvalue weighted by Crippen LogP contribution is -2.35. The maximum Gasteiger partial charge on any atom is 0.133 e. The van der Waals surface area contributed by atoms with Crippen LogP contribution in [0.1, 0.15) is 25.3 Å². The van der Waals surface area contributed by atoms with Crippen molar-refractivity contribution < 1.29 is 4.79 Å². The highest BCUT2D eigenvalue weighted by Crippen LogP contribution is 2.30. The van der Waals surface area contributed by atoms with Gasteiger partial charge in [0, 0.05) is 23.5 Å². The van der Waals surface area contributed by atoms with Crippen LogP contribution in [0.15, 0.2) is 22.7 Å². The average molecular weight is 307 g/mol. The van der Waals surface area contributed by atoms with Gasteiger partial charge in [0.2, 0.25) is 0 Å². The fourth-order valence-corrected chi connectivity index (χ4v) is 2.99. The van der Waals surface area contributed by atoms with E-state index in [1.807, 2.05) is 18.2 Å². The molecule has 94 valence electrons. The summed E-state index contributed by atoms with van der Waals surface area (Å²) in [5.41, 5.74) is 1.76. The SMILES string of the molecule is CC(=O)C1CCN(c2ccc(C#N)cc2Br)CC1. The van der Waals surface area contributed by atoms with Gasteiger partial charge in [-0.2, -0.15) is 5.26 Å². The van der Waals surface area contributed by atoms with E-state index >= 15 is 0 Å². The molecule has 0 aromatic heterocycles. The topological polar surface area (TPSA) is 44.1 Å². The van der Waals surface area contributed by atoms with Gasteiger partial charge in [-0.25, -0.2) is 0 Å². The van der Waals surface area contributed by atoms with Crippen LogP contribution in [0.25, 0.3) is 0 Å². The Hall–Kier alpha value is -1.34. The molecule has 0 radical (unpaired) electrons. The summed E-state index contributed by atoms with van der Waals surface area (Å²) in [6, 6.07) is 7.77. The summed E-state index contributed by atoms with van der Waals surface area (Å²) in [7, 11) is 0. The van der Waals surface area contributed by atoms with E-state index in [9.17, 15) is 4.79 Å². The summed E-state index contributed by atoms with van der Waals surface area (Å²) in [5, 5.41) is 8.84. The van der Waals surface area contributed by atoms with Crippen LogP contribution in [0.2, 0.25) is 0 Å². The van der Waals surface area contributed by atoms with Crippen molar-refractivity contribution in [2.24, 2.45) is 5.92 Å². The minimum absolute atomic E-state index is 0.221. The Morgan fingerprint density at radius 2 is 2.11 bits per heavy atom. The van der Waals surface area contributed by atoms with Gasteiger partial charge >= 0.3 is 0 Å². The molecule has 18 heavy (non-hydrogen) atoms. The van der Waals surface area contributed by atoms with Crippen LogP contribution >= 0.6 is 15.9 Å². The van der Waals surface area contributed by atoms with E-state index in [1.165, 1.54) is 0 Å². The lowest BCUT2D eigenvalue weighted by molar-refractivity contribution is -0.121. The first-order valence-corrected chi connectivity index (χ1v) is 6.86. The molecule has 1 aromatic rings. The monoisotopic (exact) mass is 306 g/mol. The number of carbonyl (C=O) groups is 1. The highest BCUT2D eigenvalue weighted by atomic mass is 79.9. The number of rotatable bonds is 2. The first-order chi connectivity index (χ1) is 8.61. The van der Waals surface area contributed by atoms with E-state index < -0.39 is 0 Å². The molecule has 0 unspecified atom stereocenters. The Balaban J connectivity index is 2.10. The number of halogens is 1. The highest BCUT2D eigenvalue weighted by molar-refractivity contribution is 9.10. The molecule has 0 spiro atoms. The molecule has 0 atom stereocenters. The second-order valence-corrected chi connectivity index (χ2v) is 5.50. The molecule has 0 amide bonds. The minimum atomic E-state index is 0.221. The second kappa shape index (κ2) is 5.53. The number of carbonyl (C=O) groups excluding carboxylic acids is 1. The number of piperidine rings is 1. The number of benzene rings is 1. The molecule has 1 saturated heterocycles. The standard InChI is InChI=1S/C14H15BrN2O/c1-10(18)12-4-6-17(7-5-12)14-3-2-11(9-16)8-13(14)15/h2-3,8,12H,4-7H2,1H3. The van der Waals surface area contributed by atoms with Crippen LogP contribution in [0.5, 0.6) is 0 Å². The Labute approximate surface area is 116 Å². The maximum absolute atomic E-state index is 11.3. The molecule has 4 heteroatoms. The van der Waals surface area contributed by atoms with Crippen molar-refractivity contribution in [1.29, 1.82) is 5.26 Å². The molecule has 3 nitrogen and oxygen atoms in total. The number of hydrogen-bond donors (Lipinski definition) is 0. The summed E-state index contributed by atoms with van der Waals surface area (Å²) in [6.07, 6.45) is 1.84. The van der Waals surface area contributed by atoms with E-state index in [0.29, 0.717) is 11.3 Å². The molecular weight excluding hydrogens is 292 g/mol. The number of nitrogens with zero attached hydrogens (tertiary/aromatic N) is 2. The second-order valence-electron chi connectivity index (χ2n) is 4.65. The molecule has 1 aromatic carbocycles. The van der Waals surface area contributed by atoms with Crippen LogP contribution in [-0.4, -0.2) is 18.9 Å². The third-order valence-corrected chi connectivity index (χ3v) is 4.12. The first-order valence-electron chi connectivity index (χ1n) is 6.07. The van der Waals surface area contributed by atoms with Gasteiger partial charge in [0.1, 0.15) is 5.78 Å². The fourth-order valence-electron chi connectivity index (χ4n) is 2.36. The zero-order valence-electron chi connectivity index (χ0n) is 10.3. The van der Waals surface area contributed by atoms with Crippen molar-refractivity contribution in [2.75, 3.05) is 18.0 Å². The summed E-state index contributed by atoms with van der Waals surface area (Å²) >= 11 is 3.51. The highest BCUT2D eigenvalue weighted by Gasteiger charge is 2.23. The zero-order valence-corrected chi connectivity index (χ0v) is 11.9. The van der Waals surface area contributed by atoms with Crippen molar-refractivity contribution in [2.45, 2.75) is 19.8 Å². The molecule has 1 aliphatic rings. The van der Waals surface area contributed by atoms with Gasteiger partial charge < -0.3 is 4.90 Å². The Kier molecular flexibility index (Phi) is 4.03. The summed E-state index contributed by atoms with van der Waals surface area (Å²) in [6.45, 7) is 3.47. The normalized spacial score (nSPS) is 16.4. The molecule has 0 saturated carbocycles. The predicted octanol–water partition coefficient (Wildman–Crippen LogP) is 3.13. The smallest absolute Gasteiger partial charge is 0.133 e.